The molecule has 1 atom stereocenters. The Labute approximate surface area is 132 Å². The van der Waals surface area contributed by atoms with Crippen LogP contribution in [0.2, 0.25) is 0 Å². The molecule has 1 aromatic carbocycles. The summed E-state index contributed by atoms with van der Waals surface area (Å²) in [6, 6.07) is 8.54. The number of benzene rings is 1. The van der Waals surface area contributed by atoms with Gasteiger partial charge in [-0.2, -0.15) is 5.10 Å². The van der Waals surface area contributed by atoms with Gasteiger partial charge in [0.05, 0.1) is 21.9 Å². The topological polar surface area (TPSA) is 55.9 Å². The predicted octanol–water partition coefficient (Wildman–Crippen LogP) is 2.96. The minimum absolute atomic E-state index is 0.0667. The fourth-order valence-corrected chi connectivity index (χ4v) is 3.11. The molecule has 3 N–H and O–H groups in total. The van der Waals surface area contributed by atoms with Crippen LogP contribution >= 0.6 is 27.7 Å². The molecule has 0 radical (unpaired) electrons. The average molecular weight is 355 g/mol. The Kier molecular flexibility index (Phi) is 5.26. The molecule has 6 heteroatoms. The van der Waals surface area contributed by atoms with Crippen molar-refractivity contribution in [2.24, 2.45) is 12.9 Å². The Balaban J connectivity index is 2.23. The van der Waals surface area contributed by atoms with Crippen LogP contribution in [-0.4, -0.2) is 16.0 Å². The molecular weight excluding hydrogens is 336 g/mol. The smallest absolute Gasteiger partial charge is 0.0738 e. The predicted molar refractivity (Wildman–Crippen MR) is 87.6 cm³/mol. The molecule has 0 bridgehead atoms. The van der Waals surface area contributed by atoms with Gasteiger partial charge in [-0.25, -0.2) is 0 Å². The molecule has 0 spiro atoms. The number of thioether (sulfide) groups is 1. The monoisotopic (exact) mass is 354 g/mol. The average Bonchev–Trinajstić information content (AvgIpc) is 2.70. The van der Waals surface area contributed by atoms with Gasteiger partial charge >= 0.3 is 0 Å². The number of hydrogen-bond donors (Lipinski definition) is 2. The van der Waals surface area contributed by atoms with E-state index in [2.05, 4.69) is 57.0 Å². The Morgan fingerprint density at radius 1 is 1.40 bits per heavy atom. The Bertz CT molecular complexity index is 580. The second-order valence-electron chi connectivity index (χ2n) is 4.67. The first-order chi connectivity index (χ1) is 9.56. The first-order valence-electron chi connectivity index (χ1n) is 6.34. The van der Waals surface area contributed by atoms with Crippen molar-refractivity contribution in [1.82, 2.24) is 15.2 Å². The van der Waals surface area contributed by atoms with Gasteiger partial charge < -0.3 is 0 Å². The normalized spacial score (nSPS) is 12.7. The number of aromatic nitrogens is 2. The molecule has 0 saturated heterocycles. The Morgan fingerprint density at radius 3 is 2.50 bits per heavy atom. The molecule has 0 aliphatic heterocycles. The van der Waals surface area contributed by atoms with Gasteiger partial charge in [0.1, 0.15) is 0 Å². The van der Waals surface area contributed by atoms with Crippen LogP contribution < -0.4 is 11.3 Å². The third-order valence-electron chi connectivity index (χ3n) is 3.38. The highest BCUT2D eigenvalue weighted by molar-refractivity contribution is 9.10. The largest absolute Gasteiger partial charge is 0.271 e. The van der Waals surface area contributed by atoms with Crippen molar-refractivity contribution in [3.63, 3.8) is 0 Å². The van der Waals surface area contributed by atoms with Crippen LogP contribution in [0, 0.1) is 6.92 Å². The summed E-state index contributed by atoms with van der Waals surface area (Å²) in [6.45, 7) is 1.99. The van der Waals surface area contributed by atoms with Gasteiger partial charge in [-0.1, -0.05) is 12.1 Å². The summed E-state index contributed by atoms with van der Waals surface area (Å²) in [5, 5.41) is 4.42. The molecule has 0 fully saturated rings. The molecule has 1 heterocycles. The number of nitrogens with zero attached hydrogens (tertiary/aromatic N) is 2. The second-order valence-corrected chi connectivity index (χ2v) is 6.34. The van der Waals surface area contributed by atoms with Crippen LogP contribution in [0.25, 0.3) is 0 Å². The van der Waals surface area contributed by atoms with Gasteiger partial charge in [-0.05, 0) is 46.8 Å². The van der Waals surface area contributed by atoms with E-state index in [0.29, 0.717) is 0 Å². The van der Waals surface area contributed by atoms with E-state index in [9.17, 15) is 0 Å². The molecular formula is C14H19BrN4S. The molecule has 20 heavy (non-hydrogen) atoms. The van der Waals surface area contributed by atoms with E-state index >= 15 is 0 Å². The summed E-state index contributed by atoms with van der Waals surface area (Å²) < 4.78 is 2.96. The van der Waals surface area contributed by atoms with Gasteiger partial charge in [0.2, 0.25) is 0 Å². The van der Waals surface area contributed by atoms with Gasteiger partial charge in [0.25, 0.3) is 0 Å². The van der Waals surface area contributed by atoms with E-state index in [4.69, 9.17) is 5.84 Å². The molecule has 108 valence electrons. The number of nitrogens with one attached hydrogen (secondary N) is 1. The van der Waals surface area contributed by atoms with E-state index < -0.39 is 0 Å². The highest BCUT2D eigenvalue weighted by Gasteiger charge is 2.17. The lowest BCUT2D eigenvalue weighted by molar-refractivity contribution is 0.529. The van der Waals surface area contributed by atoms with Crippen molar-refractivity contribution in [2.75, 3.05) is 6.26 Å². The minimum atomic E-state index is 0.0667. The van der Waals surface area contributed by atoms with Crippen molar-refractivity contribution < 1.29 is 0 Å². The van der Waals surface area contributed by atoms with Crippen LogP contribution in [-0.2, 0) is 13.5 Å². The van der Waals surface area contributed by atoms with Crippen LogP contribution in [0.1, 0.15) is 23.0 Å². The van der Waals surface area contributed by atoms with Gasteiger partial charge in [-0.15, -0.1) is 11.8 Å². The zero-order valence-corrected chi connectivity index (χ0v) is 14.3. The number of hydrazine groups is 1. The van der Waals surface area contributed by atoms with E-state index in [1.807, 2.05) is 18.7 Å². The fraction of sp³-hybridized carbons (Fsp3) is 0.357. The SMILES string of the molecule is CSc1ccc(C(Cc2c(Br)c(C)nn2C)NN)cc1. The van der Waals surface area contributed by atoms with Crippen molar-refractivity contribution in [3.05, 3.63) is 45.7 Å². The van der Waals surface area contributed by atoms with Crippen LogP contribution in [0.3, 0.4) is 0 Å². The van der Waals surface area contributed by atoms with Crippen LogP contribution in [0.5, 0.6) is 0 Å². The number of rotatable bonds is 5. The van der Waals surface area contributed by atoms with Gasteiger partial charge in [0.15, 0.2) is 0 Å². The zero-order valence-electron chi connectivity index (χ0n) is 11.9. The Morgan fingerprint density at radius 2 is 2.05 bits per heavy atom. The summed E-state index contributed by atoms with van der Waals surface area (Å²) >= 11 is 5.33. The third kappa shape index (κ3) is 3.25. The lowest BCUT2D eigenvalue weighted by Gasteiger charge is -2.17. The van der Waals surface area contributed by atoms with Gasteiger partial charge in [-0.3, -0.25) is 16.0 Å². The molecule has 0 aliphatic rings. The molecule has 0 saturated carbocycles. The van der Waals surface area contributed by atoms with Crippen LogP contribution in [0.4, 0.5) is 0 Å². The van der Waals surface area contributed by atoms with E-state index in [-0.39, 0.29) is 6.04 Å². The molecule has 4 nitrogen and oxygen atoms in total. The zero-order chi connectivity index (χ0) is 14.7. The number of hydrogen-bond acceptors (Lipinski definition) is 4. The summed E-state index contributed by atoms with van der Waals surface area (Å²) in [6.07, 6.45) is 2.86. The number of aryl methyl sites for hydroxylation is 2. The summed E-state index contributed by atoms with van der Waals surface area (Å²) in [4.78, 5) is 1.25. The summed E-state index contributed by atoms with van der Waals surface area (Å²) in [7, 11) is 1.96. The van der Waals surface area contributed by atoms with E-state index in [1.165, 1.54) is 10.5 Å². The quantitative estimate of drug-likeness (QED) is 0.492. The Hall–Kier alpha value is -0.820. The van der Waals surface area contributed by atoms with Gasteiger partial charge in [0, 0.05) is 18.4 Å². The standard InChI is InChI=1S/C14H19BrN4S/c1-9-14(15)13(19(2)18-9)8-12(17-16)10-4-6-11(20-3)7-5-10/h4-7,12,17H,8,16H2,1-3H3. The highest BCUT2D eigenvalue weighted by Crippen LogP contribution is 2.26. The fourth-order valence-electron chi connectivity index (χ4n) is 2.20. The maximum absolute atomic E-state index is 5.73. The van der Waals surface area contributed by atoms with Crippen molar-refractivity contribution in [1.29, 1.82) is 0 Å². The van der Waals surface area contributed by atoms with E-state index in [0.717, 1.165) is 22.3 Å². The van der Waals surface area contributed by atoms with Crippen molar-refractivity contribution >= 4 is 27.7 Å². The van der Waals surface area contributed by atoms with E-state index in [1.54, 1.807) is 11.8 Å². The highest BCUT2D eigenvalue weighted by atomic mass is 79.9. The molecule has 0 aliphatic carbocycles. The molecule has 2 aromatic rings. The number of halogens is 1. The first-order valence-corrected chi connectivity index (χ1v) is 8.36. The van der Waals surface area contributed by atoms with Crippen molar-refractivity contribution in [2.45, 2.75) is 24.3 Å². The lowest BCUT2D eigenvalue weighted by Crippen LogP contribution is -2.30. The third-order valence-corrected chi connectivity index (χ3v) is 5.15. The molecule has 1 unspecified atom stereocenters. The van der Waals surface area contributed by atoms with Crippen molar-refractivity contribution in [3.8, 4) is 0 Å². The first kappa shape index (κ1) is 15.6. The minimum Gasteiger partial charge on any atom is -0.271 e. The molecule has 1 aromatic heterocycles. The number of nitrogens with two attached hydrogens (primary N) is 1. The molecule has 0 amide bonds. The molecule has 2 rings (SSSR count). The lowest BCUT2D eigenvalue weighted by atomic mass is 10.0. The second kappa shape index (κ2) is 6.76. The van der Waals surface area contributed by atoms with Crippen LogP contribution in [0.15, 0.2) is 33.6 Å². The summed E-state index contributed by atoms with van der Waals surface area (Å²) in [5.74, 6) is 5.73. The maximum Gasteiger partial charge on any atom is 0.0738 e. The summed E-state index contributed by atoms with van der Waals surface area (Å²) in [5.41, 5.74) is 6.21. The maximum atomic E-state index is 5.73.